The van der Waals surface area contributed by atoms with Gasteiger partial charge in [-0.05, 0) is 105 Å². The lowest BCUT2D eigenvalue weighted by Crippen LogP contribution is -1.91. The van der Waals surface area contributed by atoms with Crippen molar-refractivity contribution in [1.29, 1.82) is 0 Å². The lowest BCUT2D eigenvalue weighted by Gasteiger charge is -2.18. The Labute approximate surface area is 292 Å². The molecule has 9 aromatic rings. The van der Waals surface area contributed by atoms with Crippen LogP contribution in [0, 0.1) is 0 Å². The second-order valence-corrected chi connectivity index (χ2v) is 13.3. The first kappa shape index (κ1) is 28.5. The van der Waals surface area contributed by atoms with Gasteiger partial charge in [0.2, 0.25) is 0 Å². The highest BCUT2D eigenvalue weighted by Gasteiger charge is 2.23. The molecule has 0 nitrogen and oxygen atoms in total. The molecule has 50 heavy (non-hydrogen) atoms. The SMILES string of the molecule is C(=Cc1ccc(-c2c3ccccc3c(-c3ccc4c(c3)-c3cccc5cccc-4c35)c3ccccc23)cc1)c1ccc(-c2ccccc2)cc1. The monoisotopic (exact) mass is 632 g/mol. The fourth-order valence-corrected chi connectivity index (χ4v) is 8.07. The summed E-state index contributed by atoms with van der Waals surface area (Å²) in [6, 6.07) is 66.6. The topological polar surface area (TPSA) is 0 Å². The largest absolute Gasteiger partial charge is 0.0622 e. The summed E-state index contributed by atoms with van der Waals surface area (Å²) in [5, 5.41) is 7.77. The summed E-state index contributed by atoms with van der Waals surface area (Å²) >= 11 is 0. The summed E-state index contributed by atoms with van der Waals surface area (Å²) in [7, 11) is 0. The summed E-state index contributed by atoms with van der Waals surface area (Å²) in [6.45, 7) is 0. The van der Waals surface area contributed by atoms with Crippen molar-refractivity contribution in [2.24, 2.45) is 0 Å². The smallest absolute Gasteiger partial charge is 0.00261 e. The van der Waals surface area contributed by atoms with Gasteiger partial charge in [0, 0.05) is 0 Å². The summed E-state index contributed by atoms with van der Waals surface area (Å²) < 4.78 is 0. The van der Waals surface area contributed by atoms with E-state index in [0.717, 1.165) is 0 Å². The fourth-order valence-electron chi connectivity index (χ4n) is 8.07. The summed E-state index contributed by atoms with van der Waals surface area (Å²) in [6.07, 6.45) is 4.40. The van der Waals surface area contributed by atoms with Crippen LogP contribution in [0.1, 0.15) is 11.1 Å². The van der Waals surface area contributed by atoms with E-state index in [1.807, 2.05) is 0 Å². The van der Waals surface area contributed by atoms with Gasteiger partial charge in [-0.2, -0.15) is 0 Å². The Morgan fingerprint density at radius 2 is 0.740 bits per heavy atom. The Balaban J connectivity index is 1.05. The quantitative estimate of drug-likeness (QED) is 0.131. The second-order valence-electron chi connectivity index (χ2n) is 13.3. The zero-order chi connectivity index (χ0) is 33.0. The van der Waals surface area contributed by atoms with Gasteiger partial charge in [-0.15, -0.1) is 0 Å². The maximum Gasteiger partial charge on any atom is -0.00261 e. The molecule has 0 amide bonds. The lowest BCUT2D eigenvalue weighted by atomic mass is 9.85. The molecule has 0 aliphatic heterocycles. The van der Waals surface area contributed by atoms with Crippen LogP contribution in [0.4, 0.5) is 0 Å². The van der Waals surface area contributed by atoms with Crippen LogP contribution in [0.5, 0.6) is 0 Å². The average molecular weight is 633 g/mol. The molecule has 0 aromatic heterocycles. The van der Waals surface area contributed by atoms with Crippen LogP contribution in [0.15, 0.2) is 182 Å². The first-order valence-electron chi connectivity index (χ1n) is 17.3. The molecule has 0 heterocycles. The highest BCUT2D eigenvalue weighted by molar-refractivity contribution is 6.22. The number of hydrogen-bond acceptors (Lipinski definition) is 0. The van der Waals surface area contributed by atoms with E-state index in [4.69, 9.17) is 0 Å². The number of hydrogen-bond donors (Lipinski definition) is 0. The van der Waals surface area contributed by atoms with Crippen molar-refractivity contribution in [3.05, 3.63) is 193 Å². The molecule has 0 saturated carbocycles. The van der Waals surface area contributed by atoms with Gasteiger partial charge in [-0.3, -0.25) is 0 Å². The van der Waals surface area contributed by atoms with Crippen LogP contribution in [0.3, 0.4) is 0 Å². The van der Waals surface area contributed by atoms with E-state index >= 15 is 0 Å². The summed E-state index contributed by atoms with van der Waals surface area (Å²) in [4.78, 5) is 0. The molecule has 0 radical (unpaired) electrons. The van der Waals surface area contributed by atoms with E-state index in [0.29, 0.717) is 0 Å². The molecular formula is C50H32. The van der Waals surface area contributed by atoms with Crippen molar-refractivity contribution in [2.45, 2.75) is 0 Å². The van der Waals surface area contributed by atoms with E-state index in [1.54, 1.807) is 0 Å². The van der Waals surface area contributed by atoms with Crippen LogP contribution in [-0.2, 0) is 0 Å². The first-order valence-corrected chi connectivity index (χ1v) is 17.3. The van der Waals surface area contributed by atoms with Crippen molar-refractivity contribution < 1.29 is 0 Å². The van der Waals surface area contributed by atoms with Crippen LogP contribution in [0.25, 0.3) is 100 Å². The van der Waals surface area contributed by atoms with Crippen molar-refractivity contribution in [3.63, 3.8) is 0 Å². The van der Waals surface area contributed by atoms with E-state index < -0.39 is 0 Å². The molecule has 0 bridgehead atoms. The Bertz CT molecular complexity index is 2700. The predicted molar refractivity (Wildman–Crippen MR) is 215 cm³/mol. The highest BCUT2D eigenvalue weighted by Crippen LogP contribution is 2.50. The molecule has 0 spiro atoms. The van der Waals surface area contributed by atoms with E-state index in [-0.39, 0.29) is 0 Å². The zero-order valence-electron chi connectivity index (χ0n) is 27.5. The summed E-state index contributed by atoms with van der Waals surface area (Å²) in [5.74, 6) is 0. The molecule has 9 aromatic carbocycles. The van der Waals surface area contributed by atoms with E-state index in [9.17, 15) is 0 Å². The third-order valence-electron chi connectivity index (χ3n) is 10.4. The molecule has 1 aliphatic carbocycles. The molecule has 0 heteroatoms. The number of fused-ring (bicyclic) bond motifs is 5. The van der Waals surface area contributed by atoms with Crippen LogP contribution >= 0.6 is 0 Å². The van der Waals surface area contributed by atoms with Crippen molar-refractivity contribution in [3.8, 4) is 55.6 Å². The standard InChI is InChI=1S/C50H32/c1-2-10-35(11-3-1)36-26-22-33(23-27-36)20-21-34-24-28-38(29-25-34)49-42-14-4-6-16-44(42)50(45-17-7-5-15-43(45)49)39-30-31-40-41-18-8-12-37-13-9-19-46(48(37)41)47(40)32-39/h1-32H. The fraction of sp³-hybridized carbons (Fsp3) is 0. The van der Waals surface area contributed by atoms with Gasteiger partial charge in [0.05, 0.1) is 0 Å². The molecule has 232 valence electrons. The minimum absolute atomic E-state index is 1.18. The van der Waals surface area contributed by atoms with Crippen molar-refractivity contribution >= 4 is 44.5 Å². The Hall–Kier alpha value is -6.50. The normalized spacial score (nSPS) is 11.9. The van der Waals surface area contributed by atoms with Crippen molar-refractivity contribution in [1.82, 2.24) is 0 Å². The van der Waals surface area contributed by atoms with Gasteiger partial charge < -0.3 is 0 Å². The average Bonchev–Trinajstić information content (AvgIpc) is 3.51. The Morgan fingerprint density at radius 1 is 0.280 bits per heavy atom. The minimum atomic E-state index is 1.18. The molecular weight excluding hydrogens is 601 g/mol. The third-order valence-corrected chi connectivity index (χ3v) is 10.4. The molecule has 0 fully saturated rings. The number of benzene rings is 9. The third kappa shape index (κ3) is 4.61. The van der Waals surface area contributed by atoms with Gasteiger partial charge >= 0.3 is 0 Å². The van der Waals surface area contributed by atoms with Crippen LogP contribution in [-0.4, -0.2) is 0 Å². The highest BCUT2D eigenvalue weighted by atomic mass is 14.3. The maximum atomic E-state index is 2.42. The molecule has 10 rings (SSSR count). The molecule has 0 unspecified atom stereocenters. The van der Waals surface area contributed by atoms with Gasteiger partial charge in [-0.25, -0.2) is 0 Å². The Kier molecular flexibility index (Phi) is 6.60. The van der Waals surface area contributed by atoms with Gasteiger partial charge in [-0.1, -0.05) is 188 Å². The lowest BCUT2D eigenvalue weighted by molar-refractivity contribution is 1.60. The van der Waals surface area contributed by atoms with Crippen LogP contribution in [0.2, 0.25) is 0 Å². The van der Waals surface area contributed by atoms with Crippen LogP contribution < -0.4 is 0 Å². The maximum absolute atomic E-state index is 2.42. The minimum Gasteiger partial charge on any atom is -0.0622 e. The van der Waals surface area contributed by atoms with Crippen molar-refractivity contribution in [2.75, 3.05) is 0 Å². The molecule has 1 aliphatic rings. The first-order chi connectivity index (χ1) is 24.8. The molecule has 0 atom stereocenters. The number of rotatable bonds is 5. The van der Waals surface area contributed by atoms with Gasteiger partial charge in [0.25, 0.3) is 0 Å². The Morgan fingerprint density at radius 3 is 1.32 bits per heavy atom. The second kappa shape index (κ2) is 11.6. The van der Waals surface area contributed by atoms with Gasteiger partial charge in [0.15, 0.2) is 0 Å². The summed E-state index contributed by atoms with van der Waals surface area (Å²) in [5.41, 5.74) is 15.2. The molecule has 0 N–H and O–H groups in total. The van der Waals surface area contributed by atoms with E-state index in [2.05, 4.69) is 194 Å². The van der Waals surface area contributed by atoms with E-state index in [1.165, 1.54) is 99.1 Å². The zero-order valence-corrected chi connectivity index (χ0v) is 27.5. The van der Waals surface area contributed by atoms with Gasteiger partial charge in [0.1, 0.15) is 0 Å². The predicted octanol–water partition coefficient (Wildman–Crippen LogP) is 14.0. The molecule has 0 saturated heterocycles.